The molecule has 0 fully saturated rings. The topological polar surface area (TPSA) is 308 Å². The van der Waals surface area contributed by atoms with Crippen molar-refractivity contribution in [3.8, 4) is 0 Å². The summed E-state index contributed by atoms with van der Waals surface area (Å²) in [6, 6.07) is -2.19. The Bertz CT molecular complexity index is 3130. The number of hydrogen-bond donors (Lipinski definition) is 7. The Labute approximate surface area is 716 Å². The van der Waals surface area contributed by atoms with Crippen LogP contribution in [0.3, 0.4) is 0 Å². The van der Waals surface area contributed by atoms with Crippen LogP contribution in [0.1, 0.15) is 382 Å². The van der Waals surface area contributed by atoms with E-state index in [1.54, 1.807) is 0 Å². The molecule has 21 nitrogen and oxygen atoms in total. The van der Waals surface area contributed by atoms with Gasteiger partial charge < -0.3 is 46.7 Å². The van der Waals surface area contributed by atoms with Gasteiger partial charge in [-0.25, -0.2) is 0 Å². The second-order valence-corrected chi connectivity index (χ2v) is 47.7. The van der Waals surface area contributed by atoms with Gasteiger partial charge in [0.1, 0.15) is 24.0 Å². The Balaban J connectivity index is -0.000000451. The first-order valence-electron chi connectivity index (χ1n) is 43.0. The van der Waals surface area contributed by atoms with Crippen LogP contribution in [0.5, 0.6) is 0 Å². The lowest BCUT2D eigenvalue weighted by Crippen LogP contribution is -2.52. The first-order chi connectivity index (χ1) is 51.4. The van der Waals surface area contributed by atoms with Gasteiger partial charge in [-0.1, -0.05) is 241 Å². The Hall–Kier alpha value is -5.06. The molecule has 5 atom stereocenters. The molecule has 0 saturated carbocycles. The lowest BCUT2D eigenvalue weighted by atomic mass is 9.80. The number of carbonyl (C=O) groups is 12. The van der Waals surface area contributed by atoms with E-state index in [4.69, 9.17) is 9.47 Å². The minimum atomic E-state index is -0.594. The third-order valence-corrected chi connectivity index (χ3v) is 18.3. The van der Waals surface area contributed by atoms with Gasteiger partial charge in [-0.3, -0.25) is 57.5 Å². The summed E-state index contributed by atoms with van der Waals surface area (Å²) < 4.78 is 10.9. The molecule has 0 bridgehead atoms. The van der Waals surface area contributed by atoms with Crippen molar-refractivity contribution in [2.45, 2.75) is 435 Å². The molecule has 0 aromatic carbocycles. The van der Waals surface area contributed by atoms with Crippen LogP contribution in [0.25, 0.3) is 0 Å². The number of rotatable bonds is 36. The summed E-state index contributed by atoms with van der Waals surface area (Å²) >= 11 is 0. The van der Waals surface area contributed by atoms with E-state index in [1.165, 1.54) is 0 Å². The van der Waals surface area contributed by atoms with Crippen LogP contribution in [0.15, 0.2) is 12.2 Å². The Morgan fingerprint density at radius 1 is 0.282 bits per heavy atom. The summed E-state index contributed by atoms with van der Waals surface area (Å²) in [6.07, 6.45) is 4.97. The van der Waals surface area contributed by atoms with Gasteiger partial charge in [0.15, 0.2) is 34.7 Å². The molecule has 0 radical (unpaired) electrons. The Morgan fingerprint density at radius 3 is 0.897 bits per heavy atom. The molecule has 7 N–H and O–H groups in total. The van der Waals surface area contributed by atoms with Crippen molar-refractivity contribution in [3.63, 3.8) is 0 Å². The number of ketones is 9. The summed E-state index contributed by atoms with van der Waals surface area (Å²) in [7, 11) is 0. The van der Waals surface area contributed by atoms with Crippen molar-refractivity contribution in [1.82, 2.24) is 37.2 Å². The highest BCUT2D eigenvalue weighted by molar-refractivity contribution is 5.96. The molecule has 0 aliphatic carbocycles. The molecule has 0 aromatic rings. The molecular formula is C96H183N7O14. The van der Waals surface area contributed by atoms with Crippen molar-refractivity contribution in [3.05, 3.63) is 12.2 Å². The molecule has 0 saturated heterocycles. The Kier molecular flexibility index (Phi) is 50.8. The molecular weight excluding hydrogens is 1480 g/mol. The van der Waals surface area contributed by atoms with E-state index in [1.807, 2.05) is 249 Å². The molecule has 5 unspecified atom stereocenters. The van der Waals surface area contributed by atoms with Gasteiger partial charge in [-0.05, 0) is 132 Å². The van der Waals surface area contributed by atoms with Crippen LogP contribution in [0.2, 0.25) is 0 Å². The largest absolute Gasteiger partial charge is 0.378 e. The van der Waals surface area contributed by atoms with E-state index in [2.05, 4.69) is 106 Å². The van der Waals surface area contributed by atoms with Crippen molar-refractivity contribution < 1.29 is 67.0 Å². The first kappa shape index (κ1) is 120. The second kappa shape index (κ2) is 49.3. The molecule has 0 spiro atoms. The van der Waals surface area contributed by atoms with E-state index in [0.29, 0.717) is 71.2 Å². The summed E-state index contributed by atoms with van der Waals surface area (Å²) in [5, 5.41) is 21.7. The van der Waals surface area contributed by atoms with Crippen LogP contribution < -0.4 is 37.2 Å². The number of Topliss-reactive ketones (excluding diaryl/α,β-unsaturated/α-hetero) is 9. The molecule has 21 heteroatoms. The average molecular weight is 1660 g/mol. The fraction of sp³-hybridized carbons (Fsp3) is 0.854. The molecule has 117 heavy (non-hydrogen) atoms. The molecule has 0 aliphatic heterocycles. The molecule has 0 rings (SSSR count). The lowest BCUT2D eigenvalue weighted by Gasteiger charge is -2.32. The van der Waals surface area contributed by atoms with E-state index in [0.717, 1.165) is 18.5 Å². The number of allylic oxidation sites excluding steroid dienone is 1. The van der Waals surface area contributed by atoms with E-state index >= 15 is 0 Å². The van der Waals surface area contributed by atoms with Crippen LogP contribution in [0.4, 0.5) is 0 Å². The van der Waals surface area contributed by atoms with Gasteiger partial charge in [0.05, 0.1) is 56.6 Å². The van der Waals surface area contributed by atoms with Crippen molar-refractivity contribution in [2.75, 3.05) is 39.5 Å². The third kappa shape index (κ3) is 62.7. The first-order valence-corrected chi connectivity index (χ1v) is 43.0. The minimum absolute atomic E-state index is 0.00835. The predicted octanol–water partition coefficient (Wildman–Crippen LogP) is 18.2. The molecule has 0 aromatic heterocycles. The average Bonchev–Trinajstić information content (AvgIpc) is 0.842. The van der Waals surface area contributed by atoms with Crippen molar-refractivity contribution in [2.24, 2.45) is 59.6 Å². The van der Waals surface area contributed by atoms with Gasteiger partial charge in [-0.2, -0.15) is 0 Å². The lowest BCUT2D eigenvalue weighted by molar-refractivity contribution is -0.134. The number of ether oxygens (including phenoxy) is 2. The van der Waals surface area contributed by atoms with E-state index < -0.39 is 61.4 Å². The van der Waals surface area contributed by atoms with E-state index in [9.17, 15) is 57.5 Å². The summed E-state index contributed by atoms with van der Waals surface area (Å²) in [5.74, 6) is 0.195. The number of hydrogen-bond acceptors (Lipinski definition) is 18. The van der Waals surface area contributed by atoms with Crippen LogP contribution in [0, 0.1) is 59.6 Å². The maximum absolute atomic E-state index is 12.8. The standard InChI is InChI=1S/C24H46N2O4.C20H37NO3.C19H36N2O3.C17H33NO2.C16H31NO2/c1-18(22(2,3)4)11-12-19(21(28)23(5,6)7)26-20(27)17-30-16-15-29-14-13-25-24(8,9)10;1-18(2,3)13-12-16(23)21-14(17(24)20(7,8)9)10-11-15(22)19(4,5)6;1-17(2,3)14(22)12-20-15(23)11-10-13(21-19(7,8)9)16(24)18(4,5)6;1-15(2,3)13(19)11-10-12(18-17(7,8)9)14(20)16(4,5)6;1-14(2,3)12(18)10-11(17-16(7,8)9)13(19)15(4,5)6/h19,25H,1,11-17H2,2-10H3,(H,26,27);14H,10-13H2,1-9H3,(H,21,23);13,21H,10-12H2,1-9H3,(H,20,23);12,18H,10-11H2,1-9H3;11,17H,10H2,1-9H3. The smallest absolute Gasteiger partial charge is 0.246 e. The van der Waals surface area contributed by atoms with Gasteiger partial charge in [0.2, 0.25) is 17.7 Å². The highest BCUT2D eigenvalue weighted by atomic mass is 16.5. The maximum atomic E-state index is 12.8. The minimum Gasteiger partial charge on any atom is -0.378 e. The molecule has 3 amide bonds. The third-order valence-electron chi connectivity index (χ3n) is 18.3. The van der Waals surface area contributed by atoms with Gasteiger partial charge in [-0.15, -0.1) is 0 Å². The van der Waals surface area contributed by atoms with E-state index in [-0.39, 0.29) is 146 Å². The molecule has 0 aliphatic rings. The fourth-order valence-electron chi connectivity index (χ4n) is 10.6. The maximum Gasteiger partial charge on any atom is 0.246 e. The zero-order valence-corrected chi connectivity index (χ0v) is 83.8. The number of carbonyl (C=O) groups excluding carboxylic acids is 12. The Morgan fingerprint density at radius 2 is 0.581 bits per heavy atom. The van der Waals surface area contributed by atoms with Crippen molar-refractivity contribution in [1.29, 1.82) is 0 Å². The van der Waals surface area contributed by atoms with Crippen molar-refractivity contribution >= 4 is 69.8 Å². The predicted molar refractivity (Wildman–Crippen MR) is 485 cm³/mol. The zero-order valence-electron chi connectivity index (χ0n) is 83.8. The number of nitrogens with one attached hydrogen (secondary N) is 7. The number of amides is 3. The normalized spacial score (nSPS) is 14.4. The summed E-state index contributed by atoms with van der Waals surface area (Å²) in [4.78, 5) is 148. The van der Waals surface area contributed by atoms with Gasteiger partial charge in [0.25, 0.3) is 0 Å². The molecule has 686 valence electrons. The van der Waals surface area contributed by atoms with Gasteiger partial charge >= 0.3 is 0 Å². The van der Waals surface area contributed by atoms with Crippen LogP contribution in [-0.2, 0) is 67.0 Å². The second-order valence-electron chi connectivity index (χ2n) is 47.7. The SMILES string of the molecule is C=C(CCC(NC(=O)COCCOCCNC(C)(C)C)C(=O)C(C)(C)C)C(C)(C)C.CC(C)(C)CCC(=O)NC(CCC(=O)C(C)(C)C)C(=O)C(C)(C)C.CC(C)(C)NC(CC(=O)C(C)(C)C)C(=O)C(C)(C)C.CC(C)(C)NC(CCC(=O)C(C)(C)C)C(=O)C(C)(C)C.CC(C)(C)NC(CCC(=O)NCC(=O)C(C)(C)C)C(=O)C(C)(C)C. The van der Waals surface area contributed by atoms with Gasteiger partial charge in [0, 0.05) is 110 Å². The monoisotopic (exact) mass is 1660 g/mol. The van der Waals surface area contributed by atoms with Crippen LogP contribution >= 0.6 is 0 Å². The zero-order chi connectivity index (χ0) is 94.3. The quantitative estimate of drug-likeness (QED) is 0.0226. The summed E-state index contributed by atoms with van der Waals surface area (Å²) in [5.41, 5.74) is -3.39. The van der Waals surface area contributed by atoms with Crippen LogP contribution in [-0.4, -0.2) is 162 Å². The summed E-state index contributed by atoms with van der Waals surface area (Å²) in [6.45, 7) is 94.0. The fourth-order valence-corrected chi connectivity index (χ4v) is 10.6. The highest BCUT2D eigenvalue weighted by Gasteiger charge is 2.39. The highest BCUT2D eigenvalue weighted by Crippen LogP contribution is 2.32. The molecule has 0 heterocycles.